The maximum absolute atomic E-state index is 12.6. The van der Waals surface area contributed by atoms with Gasteiger partial charge in [-0.25, -0.2) is 0 Å². The number of hydrogen-bond donors (Lipinski definition) is 4. The number of nitrogen functional groups attached to an aromatic ring is 1. The average molecular weight is 351 g/mol. The molecule has 0 saturated carbocycles. The summed E-state index contributed by atoms with van der Waals surface area (Å²) >= 11 is 0. The van der Waals surface area contributed by atoms with Gasteiger partial charge in [-0.1, -0.05) is 0 Å². The van der Waals surface area contributed by atoms with E-state index >= 15 is 0 Å². The molecule has 0 unspecified atom stereocenters. The van der Waals surface area contributed by atoms with Gasteiger partial charge in [0.1, 0.15) is 5.82 Å². The standard InChI is InChI=1S/C16H29N7O2/c17-12-2-1-11(9-23(10-12)13-4-7-25-8-5-13)15(24)19-6-3-14-20-16(18)22-21-14/h11-13H,1-10,17H2,(H,19,24)(H3,18,20,21,22)/t11-,12+/m1/s1. The average Bonchev–Trinajstić information content (AvgIpc) is 2.92. The highest BCUT2D eigenvalue weighted by molar-refractivity contribution is 5.78. The number of carbonyl (C=O) groups is 1. The summed E-state index contributed by atoms with van der Waals surface area (Å²) in [4.78, 5) is 19.1. The van der Waals surface area contributed by atoms with E-state index in [9.17, 15) is 4.79 Å². The number of nitrogens with one attached hydrogen (secondary N) is 2. The van der Waals surface area contributed by atoms with Crippen LogP contribution >= 0.6 is 0 Å². The maximum Gasteiger partial charge on any atom is 0.239 e. The molecule has 2 aliphatic heterocycles. The van der Waals surface area contributed by atoms with Gasteiger partial charge in [-0.15, -0.1) is 5.10 Å². The van der Waals surface area contributed by atoms with Gasteiger partial charge in [0.15, 0.2) is 0 Å². The van der Waals surface area contributed by atoms with Gasteiger partial charge in [-0.05, 0) is 25.7 Å². The van der Waals surface area contributed by atoms with Crippen molar-refractivity contribution in [2.45, 2.75) is 44.2 Å². The molecule has 140 valence electrons. The first kappa shape index (κ1) is 18.1. The summed E-state index contributed by atoms with van der Waals surface area (Å²) in [6, 6.07) is 0.614. The number of likely N-dealkylation sites (tertiary alicyclic amines) is 1. The Balaban J connectivity index is 1.51. The third kappa shape index (κ3) is 5.13. The summed E-state index contributed by atoms with van der Waals surface area (Å²) in [7, 11) is 0. The van der Waals surface area contributed by atoms with Crippen molar-refractivity contribution in [2.24, 2.45) is 11.7 Å². The number of nitrogens with two attached hydrogens (primary N) is 2. The van der Waals surface area contributed by atoms with Crippen molar-refractivity contribution in [1.82, 2.24) is 25.4 Å². The van der Waals surface area contributed by atoms with E-state index in [1.54, 1.807) is 0 Å². The van der Waals surface area contributed by atoms with Crippen LogP contribution in [-0.4, -0.2) is 70.9 Å². The Labute approximate surface area is 147 Å². The fourth-order valence-corrected chi connectivity index (χ4v) is 3.69. The number of ether oxygens (including phenoxy) is 1. The maximum atomic E-state index is 12.6. The van der Waals surface area contributed by atoms with Crippen molar-refractivity contribution >= 4 is 11.9 Å². The summed E-state index contributed by atoms with van der Waals surface area (Å²) in [5.41, 5.74) is 11.7. The van der Waals surface area contributed by atoms with Crippen LogP contribution in [0.3, 0.4) is 0 Å². The molecular formula is C16H29N7O2. The minimum Gasteiger partial charge on any atom is -0.381 e. The van der Waals surface area contributed by atoms with E-state index < -0.39 is 0 Å². The quantitative estimate of drug-likeness (QED) is 0.549. The van der Waals surface area contributed by atoms with E-state index in [-0.39, 0.29) is 23.8 Å². The van der Waals surface area contributed by atoms with Crippen molar-refractivity contribution in [3.63, 3.8) is 0 Å². The molecule has 6 N–H and O–H groups in total. The van der Waals surface area contributed by atoms with Gasteiger partial charge in [0.25, 0.3) is 0 Å². The predicted molar refractivity (Wildman–Crippen MR) is 93.6 cm³/mol. The van der Waals surface area contributed by atoms with Gasteiger partial charge in [-0.2, -0.15) is 4.98 Å². The van der Waals surface area contributed by atoms with Crippen LogP contribution in [0, 0.1) is 5.92 Å². The normalized spacial score (nSPS) is 26.3. The molecule has 3 rings (SSSR count). The second kappa shape index (κ2) is 8.59. The molecule has 25 heavy (non-hydrogen) atoms. The topological polar surface area (TPSA) is 135 Å². The highest BCUT2D eigenvalue weighted by atomic mass is 16.5. The molecule has 1 amide bonds. The first-order chi connectivity index (χ1) is 12.1. The van der Waals surface area contributed by atoms with Crippen LogP contribution in [0.4, 0.5) is 5.95 Å². The molecule has 2 saturated heterocycles. The van der Waals surface area contributed by atoms with Crippen molar-refractivity contribution in [2.75, 3.05) is 38.6 Å². The summed E-state index contributed by atoms with van der Waals surface area (Å²) in [6.45, 7) is 3.76. The lowest BCUT2D eigenvalue weighted by atomic mass is 10.0. The lowest BCUT2D eigenvalue weighted by Crippen LogP contribution is -2.47. The fourth-order valence-electron chi connectivity index (χ4n) is 3.69. The van der Waals surface area contributed by atoms with E-state index in [0.29, 0.717) is 24.8 Å². The number of nitrogens with zero attached hydrogens (tertiary/aromatic N) is 3. The van der Waals surface area contributed by atoms with E-state index in [4.69, 9.17) is 16.2 Å². The SMILES string of the molecule is Nc1n[nH]c(CCNC(=O)[C@@H]2CC[C@H](N)CN(C3CCOCC3)C2)n1. The number of aromatic amines is 1. The Hall–Kier alpha value is -1.71. The minimum atomic E-state index is -0.0174. The number of H-pyrrole nitrogens is 1. The Kier molecular flexibility index (Phi) is 6.22. The molecule has 0 radical (unpaired) electrons. The van der Waals surface area contributed by atoms with Gasteiger partial charge in [0.05, 0.1) is 5.92 Å². The summed E-state index contributed by atoms with van der Waals surface area (Å²) in [5.74, 6) is 0.991. The molecule has 3 heterocycles. The predicted octanol–water partition coefficient (Wildman–Crippen LogP) is -0.736. The van der Waals surface area contributed by atoms with E-state index in [1.807, 2.05) is 0 Å². The second-order valence-electron chi connectivity index (χ2n) is 7.01. The fraction of sp³-hybridized carbons (Fsp3) is 0.812. The van der Waals surface area contributed by atoms with Gasteiger partial charge < -0.3 is 21.5 Å². The molecular weight excluding hydrogens is 322 g/mol. The molecule has 0 spiro atoms. The first-order valence-electron chi connectivity index (χ1n) is 9.13. The van der Waals surface area contributed by atoms with Crippen LogP contribution in [0.15, 0.2) is 0 Å². The number of anilines is 1. The highest BCUT2D eigenvalue weighted by Crippen LogP contribution is 2.22. The van der Waals surface area contributed by atoms with Crippen LogP contribution in [0.5, 0.6) is 0 Å². The molecule has 1 aromatic rings. The lowest BCUT2D eigenvalue weighted by Gasteiger charge is -2.35. The van der Waals surface area contributed by atoms with Gasteiger partial charge in [0, 0.05) is 51.4 Å². The zero-order valence-corrected chi connectivity index (χ0v) is 14.6. The van der Waals surface area contributed by atoms with Crippen LogP contribution in [0.25, 0.3) is 0 Å². The van der Waals surface area contributed by atoms with Crippen molar-refractivity contribution in [1.29, 1.82) is 0 Å². The van der Waals surface area contributed by atoms with Gasteiger partial charge in [-0.3, -0.25) is 14.8 Å². The Bertz CT molecular complexity index is 558. The minimum absolute atomic E-state index is 0.0174. The van der Waals surface area contributed by atoms with Crippen molar-refractivity contribution in [3.8, 4) is 0 Å². The van der Waals surface area contributed by atoms with E-state index in [0.717, 1.165) is 52.0 Å². The van der Waals surface area contributed by atoms with Gasteiger partial charge >= 0.3 is 0 Å². The first-order valence-corrected chi connectivity index (χ1v) is 9.13. The summed E-state index contributed by atoms with van der Waals surface area (Å²) in [5, 5.41) is 9.55. The summed E-state index contributed by atoms with van der Waals surface area (Å²) in [6.07, 6.45) is 4.35. The van der Waals surface area contributed by atoms with Crippen LogP contribution < -0.4 is 16.8 Å². The van der Waals surface area contributed by atoms with Crippen LogP contribution in [0.1, 0.15) is 31.5 Å². The summed E-state index contributed by atoms with van der Waals surface area (Å²) < 4.78 is 5.46. The molecule has 2 fully saturated rings. The largest absolute Gasteiger partial charge is 0.381 e. The van der Waals surface area contributed by atoms with E-state index in [1.165, 1.54) is 0 Å². The third-order valence-electron chi connectivity index (χ3n) is 5.10. The molecule has 0 aliphatic carbocycles. The number of aromatic nitrogens is 3. The Morgan fingerprint density at radius 2 is 2.08 bits per heavy atom. The zero-order chi connectivity index (χ0) is 17.6. The molecule has 1 aromatic heterocycles. The number of hydrogen-bond acceptors (Lipinski definition) is 7. The van der Waals surface area contributed by atoms with Gasteiger partial charge in [0.2, 0.25) is 11.9 Å². The zero-order valence-electron chi connectivity index (χ0n) is 14.6. The lowest BCUT2D eigenvalue weighted by molar-refractivity contribution is -0.125. The second-order valence-corrected chi connectivity index (χ2v) is 7.01. The van der Waals surface area contributed by atoms with E-state index in [2.05, 4.69) is 25.4 Å². The monoisotopic (exact) mass is 351 g/mol. The number of amides is 1. The third-order valence-corrected chi connectivity index (χ3v) is 5.10. The van der Waals surface area contributed by atoms with Crippen LogP contribution in [0.2, 0.25) is 0 Å². The highest BCUT2D eigenvalue weighted by Gasteiger charge is 2.31. The smallest absolute Gasteiger partial charge is 0.239 e. The molecule has 0 bridgehead atoms. The number of rotatable bonds is 5. The Morgan fingerprint density at radius 1 is 1.28 bits per heavy atom. The van der Waals surface area contributed by atoms with Crippen LogP contribution in [-0.2, 0) is 16.0 Å². The van der Waals surface area contributed by atoms with Crippen molar-refractivity contribution < 1.29 is 9.53 Å². The molecule has 9 nitrogen and oxygen atoms in total. The number of carbonyl (C=O) groups excluding carboxylic acids is 1. The molecule has 2 atom stereocenters. The molecule has 2 aliphatic rings. The molecule has 0 aromatic carbocycles. The molecule has 9 heteroatoms. The van der Waals surface area contributed by atoms with Crippen molar-refractivity contribution in [3.05, 3.63) is 5.82 Å². The Morgan fingerprint density at radius 3 is 2.80 bits per heavy atom.